The number of alkyl halides is 3. The maximum absolute atomic E-state index is 12.8. The minimum Gasteiger partial charge on any atom is -0.396 e. The fourth-order valence-corrected chi connectivity index (χ4v) is 2.12. The van der Waals surface area contributed by atoms with E-state index in [9.17, 15) is 13.2 Å². The third-order valence-corrected chi connectivity index (χ3v) is 3.33. The molecule has 0 saturated heterocycles. The van der Waals surface area contributed by atoms with Crippen LogP contribution in [0.1, 0.15) is 5.56 Å². The average Bonchev–Trinajstić information content (AvgIpc) is 2.35. The molecule has 0 spiro atoms. The summed E-state index contributed by atoms with van der Waals surface area (Å²) in [5.74, 6) is 0.202. The van der Waals surface area contributed by atoms with E-state index in [1.165, 1.54) is 24.3 Å². The molecule has 0 atom stereocenters. The fourth-order valence-electron chi connectivity index (χ4n) is 1.50. The van der Waals surface area contributed by atoms with Gasteiger partial charge in [-0.2, -0.15) is 13.2 Å². The zero-order valence-corrected chi connectivity index (χ0v) is 12.1. The van der Waals surface area contributed by atoms with Gasteiger partial charge in [-0.1, -0.05) is 27.5 Å². The molecule has 0 aliphatic carbocycles. The Balaban J connectivity index is 2.37. The van der Waals surface area contributed by atoms with E-state index in [1.807, 2.05) is 0 Å². The third-order valence-electron chi connectivity index (χ3n) is 2.43. The number of halogens is 5. The molecule has 0 aliphatic heterocycles. The Morgan fingerprint density at radius 2 is 1.90 bits per heavy atom. The van der Waals surface area contributed by atoms with Crippen LogP contribution in [0.25, 0.3) is 0 Å². The van der Waals surface area contributed by atoms with E-state index < -0.39 is 11.7 Å². The van der Waals surface area contributed by atoms with Gasteiger partial charge in [0.05, 0.1) is 11.3 Å². The molecule has 3 nitrogen and oxygen atoms in total. The molecule has 0 saturated carbocycles. The molecule has 106 valence electrons. The normalized spacial score (nSPS) is 11.4. The second kappa shape index (κ2) is 5.49. The van der Waals surface area contributed by atoms with Gasteiger partial charge >= 0.3 is 6.18 Å². The van der Waals surface area contributed by atoms with E-state index >= 15 is 0 Å². The van der Waals surface area contributed by atoms with Crippen molar-refractivity contribution < 1.29 is 13.2 Å². The molecule has 1 aromatic heterocycles. The second-order valence-corrected chi connectivity index (χ2v) is 5.13. The number of pyridine rings is 1. The lowest BCUT2D eigenvalue weighted by Gasteiger charge is -2.13. The van der Waals surface area contributed by atoms with Crippen molar-refractivity contribution in [2.45, 2.75) is 6.18 Å². The van der Waals surface area contributed by atoms with Crippen molar-refractivity contribution in [2.24, 2.45) is 0 Å². The number of anilines is 3. The summed E-state index contributed by atoms with van der Waals surface area (Å²) in [5, 5.41) is 2.90. The molecule has 0 unspecified atom stereocenters. The number of aromatic nitrogens is 1. The quantitative estimate of drug-likeness (QED) is 0.748. The van der Waals surface area contributed by atoms with Crippen molar-refractivity contribution in [1.82, 2.24) is 4.98 Å². The Bertz CT molecular complexity index is 646. The number of nitrogens with zero attached hydrogens (tertiary/aromatic N) is 1. The Kier molecular flexibility index (Phi) is 4.10. The molecule has 2 rings (SSSR count). The Labute approximate surface area is 126 Å². The van der Waals surface area contributed by atoms with E-state index in [-0.39, 0.29) is 26.8 Å². The molecule has 3 N–H and O–H groups in total. The van der Waals surface area contributed by atoms with Gasteiger partial charge in [-0.3, -0.25) is 0 Å². The van der Waals surface area contributed by atoms with Gasteiger partial charge in [-0.15, -0.1) is 0 Å². The highest BCUT2D eigenvalue weighted by Gasteiger charge is 2.33. The van der Waals surface area contributed by atoms with Crippen LogP contribution in [0.4, 0.5) is 30.4 Å². The molecule has 0 aliphatic rings. The molecule has 0 fully saturated rings. The van der Waals surface area contributed by atoms with Crippen LogP contribution in [0.5, 0.6) is 0 Å². The number of benzene rings is 1. The number of nitrogens with one attached hydrogen (secondary N) is 1. The van der Waals surface area contributed by atoms with Crippen LogP contribution in [0, 0.1) is 0 Å². The summed E-state index contributed by atoms with van der Waals surface area (Å²) in [6, 6.07) is 6.74. The minimum atomic E-state index is -4.45. The van der Waals surface area contributed by atoms with E-state index in [0.717, 1.165) is 6.07 Å². The van der Waals surface area contributed by atoms with Gasteiger partial charge in [0, 0.05) is 10.2 Å². The lowest BCUT2D eigenvalue weighted by Crippen LogP contribution is -2.07. The zero-order chi connectivity index (χ0) is 14.9. The fraction of sp³-hybridized carbons (Fsp3) is 0.0833. The smallest absolute Gasteiger partial charge is 0.396 e. The van der Waals surface area contributed by atoms with Crippen LogP contribution in [-0.2, 0) is 6.18 Å². The van der Waals surface area contributed by atoms with E-state index in [2.05, 4.69) is 26.2 Å². The first-order chi connectivity index (χ1) is 9.27. The first kappa shape index (κ1) is 14.9. The van der Waals surface area contributed by atoms with Crippen molar-refractivity contribution in [3.05, 3.63) is 45.5 Å². The third kappa shape index (κ3) is 3.34. The highest BCUT2D eigenvalue weighted by molar-refractivity contribution is 9.10. The monoisotopic (exact) mass is 365 g/mol. The summed E-state index contributed by atoms with van der Waals surface area (Å²) in [4.78, 5) is 3.92. The first-order valence-electron chi connectivity index (χ1n) is 5.33. The van der Waals surface area contributed by atoms with Crippen molar-refractivity contribution in [3.63, 3.8) is 0 Å². The van der Waals surface area contributed by atoms with Gasteiger partial charge in [0.2, 0.25) is 0 Å². The van der Waals surface area contributed by atoms with Gasteiger partial charge in [-0.05, 0) is 30.3 Å². The maximum Gasteiger partial charge on any atom is 0.417 e. The molecule has 0 amide bonds. The van der Waals surface area contributed by atoms with Crippen LogP contribution in [0.3, 0.4) is 0 Å². The van der Waals surface area contributed by atoms with Gasteiger partial charge < -0.3 is 11.1 Å². The Morgan fingerprint density at radius 1 is 1.20 bits per heavy atom. The van der Waals surface area contributed by atoms with Crippen LogP contribution >= 0.6 is 27.5 Å². The predicted molar refractivity (Wildman–Crippen MR) is 76.1 cm³/mol. The average molecular weight is 367 g/mol. The van der Waals surface area contributed by atoms with Gasteiger partial charge in [-0.25, -0.2) is 4.98 Å². The van der Waals surface area contributed by atoms with Gasteiger partial charge in [0.1, 0.15) is 5.15 Å². The van der Waals surface area contributed by atoms with E-state index in [1.54, 1.807) is 0 Å². The summed E-state index contributed by atoms with van der Waals surface area (Å²) in [5.41, 5.74) is 5.38. The number of nitrogens with two attached hydrogens (primary N) is 1. The van der Waals surface area contributed by atoms with E-state index in [0.29, 0.717) is 0 Å². The molecule has 2 aromatic rings. The van der Waals surface area contributed by atoms with Crippen LogP contribution in [0.2, 0.25) is 5.15 Å². The Hall–Kier alpha value is -1.47. The zero-order valence-electron chi connectivity index (χ0n) is 9.80. The van der Waals surface area contributed by atoms with Gasteiger partial charge in [0.15, 0.2) is 5.82 Å². The molecule has 1 aromatic carbocycles. The molecule has 0 bridgehead atoms. The number of rotatable bonds is 2. The standard InChI is InChI=1S/C12H8BrClF3N3/c13-8-2-1-6(5-7(8)12(15,16)17)19-11-9(18)3-4-10(14)20-11/h1-5H,18H2,(H,19,20). The van der Waals surface area contributed by atoms with E-state index in [4.69, 9.17) is 17.3 Å². The summed E-state index contributed by atoms with van der Waals surface area (Å²) in [6.45, 7) is 0. The predicted octanol–water partition coefficient (Wildman–Crippen LogP) is 4.84. The molecule has 20 heavy (non-hydrogen) atoms. The molecule has 0 radical (unpaired) electrons. The maximum atomic E-state index is 12.8. The summed E-state index contributed by atoms with van der Waals surface area (Å²) in [7, 11) is 0. The lowest BCUT2D eigenvalue weighted by atomic mass is 10.2. The summed E-state index contributed by atoms with van der Waals surface area (Å²) >= 11 is 8.59. The minimum absolute atomic E-state index is 0.0393. The van der Waals surface area contributed by atoms with Gasteiger partial charge in [0.25, 0.3) is 0 Å². The molecule has 1 heterocycles. The van der Waals surface area contributed by atoms with Crippen molar-refractivity contribution >= 4 is 44.7 Å². The number of hydrogen-bond acceptors (Lipinski definition) is 3. The number of hydrogen-bond donors (Lipinski definition) is 2. The van der Waals surface area contributed by atoms with Crippen LogP contribution in [-0.4, -0.2) is 4.98 Å². The van der Waals surface area contributed by atoms with Crippen LogP contribution < -0.4 is 11.1 Å². The van der Waals surface area contributed by atoms with Crippen LogP contribution in [0.15, 0.2) is 34.8 Å². The van der Waals surface area contributed by atoms with Crippen molar-refractivity contribution in [3.8, 4) is 0 Å². The molecule has 8 heteroatoms. The lowest BCUT2D eigenvalue weighted by molar-refractivity contribution is -0.138. The highest BCUT2D eigenvalue weighted by atomic mass is 79.9. The largest absolute Gasteiger partial charge is 0.417 e. The second-order valence-electron chi connectivity index (χ2n) is 3.89. The SMILES string of the molecule is Nc1ccc(Cl)nc1Nc1ccc(Br)c(C(F)(F)F)c1. The Morgan fingerprint density at radius 3 is 2.55 bits per heavy atom. The summed E-state index contributed by atoms with van der Waals surface area (Å²) < 4.78 is 38.3. The molecular weight excluding hydrogens is 359 g/mol. The summed E-state index contributed by atoms with van der Waals surface area (Å²) in [6.07, 6.45) is -4.45. The number of nitrogen functional groups attached to an aromatic ring is 1. The highest BCUT2D eigenvalue weighted by Crippen LogP contribution is 2.37. The topological polar surface area (TPSA) is 50.9 Å². The van der Waals surface area contributed by atoms with Crippen molar-refractivity contribution in [2.75, 3.05) is 11.1 Å². The molecular formula is C12H8BrClF3N3. The van der Waals surface area contributed by atoms with Crippen molar-refractivity contribution in [1.29, 1.82) is 0 Å². The first-order valence-corrected chi connectivity index (χ1v) is 6.50.